The summed E-state index contributed by atoms with van der Waals surface area (Å²) >= 11 is 12.3. The highest BCUT2D eigenvalue weighted by Gasteiger charge is 2.34. The molecule has 29 heavy (non-hydrogen) atoms. The van der Waals surface area contributed by atoms with E-state index in [4.69, 9.17) is 37.4 Å². The van der Waals surface area contributed by atoms with Gasteiger partial charge in [0, 0.05) is 30.2 Å². The van der Waals surface area contributed by atoms with E-state index in [-0.39, 0.29) is 17.7 Å². The lowest BCUT2D eigenvalue weighted by Gasteiger charge is -2.38. The molecule has 4 rings (SSSR count). The molecule has 1 N–H and O–H groups in total. The van der Waals surface area contributed by atoms with E-state index >= 15 is 0 Å². The molecule has 0 saturated carbocycles. The van der Waals surface area contributed by atoms with Crippen LogP contribution < -0.4 is 14.8 Å². The SMILES string of the molecule is O=C(Cc1cc(Cl)c2c(c1)OCCO2)NCC1(c2ccc(Cl)cc2)CCOCC1. The van der Waals surface area contributed by atoms with Crippen LogP contribution in [0.15, 0.2) is 36.4 Å². The van der Waals surface area contributed by atoms with Crippen LogP contribution in [0.2, 0.25) is 10.0 Å². The second kappa shape index (κ2) is 8.82. The Balaban J connectivity index is 1.45. The standard InChI is InChI=1S/C22H23Cl2NO4/c23-17-3-1-16(2-4-17)22(5-7-27-8-6-22)14-25-20(26)13-15-11-18(24)21-19(12-15)28-9-10-29-21/h1-4,11-12H,5-10,13-14H2,(H,25,26). The minimum atomic E-state index is -0.150. The number of nitrogens with one attached hydrogen (secondary N) is 1. The van der Waals surface area contributed by atoms with Crippen molar-refractivity contribution in [3.63, 3.8) is 0 Å². The van der Waals surface area contributed by atoms with Gasteiger partial charge in [0.1, 0.15) is 13.2 Å². The molecule has 5 nitrogen and oxygen atoms in total. The summed E-state index contributed by atoms with van der Waals surface area (Å²) in [4.78, 5) is 12.7. The molecule has 0 atom stereocenters. The summed E-state index contributed by atoms with van der Waals surface area (Å²) in [7, 11) is 0. The number of fused-ring (bicyclic) bond motifs is 1. The number of halogens is 2. The number of benzene rings is 2. The largest absolute Gasteiger partial charge is 0.486 e. The summed E-state index contributed by atoms with van der Waals surface area (Å²) in [6.07, 6.45) is 1.93. The molecule has 2 heterocycles. The fourth-order valence-electron chi connectivity index (χ4n) is 3.92. The highest BCUT2D eigenvalue weighted by atomic mass is 35.5. The molecule has 0 spiro atoms. The number of amides is 1. The van der Waals surface area contributed by atoms with Gasteiger partial charge in [-0.05, 0) is 48.2 Å². The van der Waals surface area contributed by atoms with E-state index in [9.17, 15) is 4.79 Å². The quantitative estimate of drug-likeness (QED) is 0.765. The van der Waals surface area contributed by atoms with Gasteiger partial charge in [0.25, 0.3) is 0 Å². The zero-order chi connectivity index (χ0) is 20.3. The third-order valence-corrected chi connectivity index (χ3v) is 6.08. The van der Waals surface area contributed by atoms with Crippen molar-refractivity contribution in [3.8, 4) is 11.5 Å². The summed E-state index contributed by atoms with van der Waals surface area (Å²) in [6.45, 7) is 2.86. The Morgan fingerprint density at radius 1 is 1.00 bits per heavy atom. The molecule has 154 valence electrons. The van der Waals surface area contributed by atoms with Gasteiger partial charge in [-0.1, -0.05) is 35.3 Å². The number of carbonyl (C=O) groups is 1. The van der Waals surface area contributed by atoms with Crippen LogP contribution in [0.25, 0.3) is 0 Å². The predicted octanol–water partition coefficient (Wildman–Crippen LogP) is 4.17. The molecule has 0 aliphatic carbocycles. The van der Waals surface area contributed by atoms with Crippen LogP contribution in [0.4, 0.5) is 0 Å². The van der Waals surface area contributed by atoms with Gasteiger partial charge >= 0.3 is 0 Å². The highest BCUT2D eigenvalue weighted by molar-refractivity contribution is 6.32. The van der Waals surface area contributed by atoms with Crippen LogP contribution in [-0.4, -0.2) is 38.9 Å². The molecule has 1 amide bonds. The van der Waals surface area contributed by atoms with Gasteiger partial charge < -0.3 is 19.5 Å². The lowest BCUT2D eigenvalue weighted by atomic mass is 9.74. The van der Waals surface area contributed by atoms with E-state index in [2.05, 4.69) is 5.32 Å². The van der Waals surface area contributed by atoms with Gasteiger partial charge in [-0.25, -0.2) is 0 Å². The minimum Gasteiger partial charge on any atom is -0.486 e. The third-order valence-electron chi connectivity index (χ3n) is 5.55. The Morgan fingerprint density at radius 2 is 1.72 bits per heavy atom. The molecule has 2 aliphatic heterocycles. The van der Waals surface area contributed by atoms with Gasteiger partial charge in [-0.3, -0.25) is 4.79 Å². The van der Waals surface area contributed by atoms with Crippen LogP contribution in [0.3, 0.4) is 0 Å². The Labute approximate surface area is 180 Å². The van der Waals surface area contributed by atoms with Crippen molar-refractivity contribution in [1.29, 1.82) is 0 Å². The van der Waals surface area contributed by atoms with E-state index < -0.39 is 0 Å². The normalized spacial score (nSPS) is 17.6. The molecule has 0 unspecified atom stereocenters. The Bertz CT molecular complexity index is 879. The second-order valence-electron chi connectivity index (χ2n) is 7.45. The van der Waals surface area contributed by atoms with Crippen LogP contribution in [-0.2, 0) is 21.4 Å². The average Bonchev–Trinajstić information content (AvgIpc) is 2.73. The van der Waals surface area contributed by atoms with E-state index in [0.717, 1.165) is 18.4 Å². The van der Waals surface area contributed by atoms with Crippen molar-refractivity contribution in [2.24, 2.45) is 0 Å². The topological polar surface area (TPSA) is 56.8 Å². The van der Waals surface area contributed by atoms with Crippen LogP contribution in [0, 0.1) is 0 Å². The molecule has 1 fully saturated rings. The van der Waals surface area contributed by atoms with Crippen LogP contribution in [0.1, 0.15) is 24.0 Å². The zero-order valence-electron chi connectivity index (χ0n) is 16.0. The second-order valence-corrected chi connectivity index (χ2v) is 8.30. The van der Waals surface area contributed by atoms with Crippen molar-refractivity contribution in [3.05, 3.63) is 57.6 Å². The fourth-order valence-corrected chi connectivity index (χ4v) is 4.33. The molecule has 0 radical (unpaired) electrons. The van der Waals surface area contributed by atoms with Gasteiger partial charge in [-0.15, -0.1) is 0 Å². The monoisotopic (exact) mass is 435 g/mol. The van der Waals surface area contributed by atoms with Crippen molar-refractivity contribution in [2.45, 2.75) is 24.7 Å². The van der Waals surface area contributed by atoms with Crippen LogP contribution in [0.5, 0.6) is 11.5 Å². The zero-order valence-corrected chi connectivity index (χ0v) is 17.5. The maximum absolute atomic E-state index is 12.7. The number of hydrogen-bond donors (Lipinski definition) is 1. The van der Waals surface area contributed by atoms with E-state index in [1.54, 1.807) is 6.07 Å². The Hall–Kier alpha value is -1.95. The predicted molar refractivity (Wildman–Crippen MR) is 112 cm³/mol. The van der Waals surface area contributed by atoms with Crippen molar-refractivity contribution in [1.82, 2.24) is 5.32 Å². The van der Waals surface area contributed by atoms with Gasteiger partial charge in [0.15, 0.2) is 11.5 Å². The van der Waals surface area contributed by atoms with Crippen molar-refractivity contribution < 1.29 is 19.0 Å². The van der Waals surface area contributed by atoms with E-state index in [1.807, 2.05) is 30.3 Å². The Kier molecular flexibility index (Phi) is 6.18. The highest BCUT2D eigenvalue weighted by Crippen LogP contribution is 2.38. The first kappa shape index (κ1) is 20.3. The number of hydrogen-bond acceptors (Lipinski definition) is 4. The fraction of sp³-hybridized carbons (Fsp3) is 0.409. The molecule has 2 aliphatic rings. The van der Waals surface area contributed by atoms with E-state index in [0.29, 0.717) is 54.5 Å². The summed E-state index contributed by atoms with van der Waals surface area (Å²) < 4.78 is 16.7. The van der Waals surface area contributed by atoms with Crippen molar-refractivity contribution >= 4 is 29.1 Å². The number of ether oxygens (including phenoxy) is 3. The molecule has 0 bridgehead atoms. The summed E-state index contributed by atoms with van der Waals surface area (Å²) in [6, 6.07) is 11.5. The molecule has 2 aromatic rings. The minimum absolute atomic E-state index is 0.0578. The maximum Gasteiger partial charge on any atom is 0.224 e. The van der Waals surface area contributed by atoms with Crippen LogP contribution >= 0.6 is 23.2 Å². The maximum atomic E-state index is 12.7. The first-order chi connectivity index (χ1) is 14.1. The first-order valence-electron chi connectivity index (χ1n) is 9.74. The summed E-state index contributed by atoms with van der Waals surface area (Å²) in [5.74, 6) is 1.08. The van der Waals surface area contributed by atoms with Gasteiger partial charge in [0.2, 0.25) is 5.91 Å². The molecular weight excluding hydrogens is 413 g/mol. The number of rotatable bonds is 5. The molecule has 7 heteroatoms. The average molecular weight is 436 g/mol. The van der Waals surface area contributed by atoms with E-state index in [1.165, 1.54) is 5.56 Å². The first-order valence-corrected chi connectivity index (χ1v) is 10.5. The third kappa shape index (κ3) is 4.63. The van der Waals surface area contributed by atoms with Crippen molar-refractivity contribution in [2.75, 3.05) is 33.0 Å². The van der Waals surface area contributed by atoms with Gasteiger partial charge in [0.05, 0.1) is 11.4 Å². The molecule has 2 aromatic carbocycles. The molecular formula is C22H23Cl2NO4. The lowest BCUT2D eigenvalue weighted by molar-refractivity contribution is -0.120. The van der Waals surface area contributed by atoms with Gasteiger partial charge in [-0.2, -0.15) is 0 Å². The molecule has 1 saturated heterocycles. The smallest absolute Gasteiger partial charge is 0.224 e. The Morgan fingerprint density at radius 3 is 2.48 bits per heavy atom. The summed E-state index contributed by atoms with van der Waals surface area (Å²) in [5, 5.41) is 4.28. The number of carbonyl (C=O) groups excluding carboxylic acids is 1. The molecule has 0 aromatic heterocycles. The summed E-state index contributed by atoms with van der Waals surface area (Å²) in [5.41, 5.74) is 1.82. The lowest BCUT2D eigenvalue weighted by Crippen LogP contribution is -2.45.